The zero-order valence-corrected chi connectivity index (χ0v) is 15.1. The van der Waals surface area contributed by atoms with Crippen LogP contribution in [0.2, 0.25) is 0 Å². The fourth-order valence-corrected chi connectivity index (χ4v) is 4.11. The minimum absolute atomic E-state index is 0.173. The normalized spacial score (nSPS) is 25.5. The van der Waals surface area contributed by atoms with Crippen molar-refractivity contribution in [2.45, 2.75) is 25.1 Å². The Labute approximate surface area is 155 Å². The second kappa shape index (κ2) is 6.41. The molecule has 1 amide bonds. The maximum Gasteiger partial charge on any atom is 0.416 e. The highest BCUT2D eigenvalue weighted by Gasteiger charge is 2.40. The Balaban J connectivity index is 1.57. The van der Waals surface area contributed by atoms with Crippen LogP contribution in [-0.4, -0.2) is 54.6 Å². The first kappa shape index (κ1) is 18.1. The Hall–Kier alpha value is -2.28. The van der Waals surface area contributed by atoms with Gasteiger partial charge in [0, 0.05) is 24.4 Å². The molecule has 1 aromatic heterocycles. The fourth-order valence-electron chi connectivity index (χ4n) is 4.11. The minimum atomic E-state index is -4.42. The molecule has 3 fully saturated rings. The number of amides is 1. The summed E-state index contributed by atoms with van der Waals surface area (Å²) in [5.41, 5.74) is -0.426. The number of quaternary nitrogens is 1. The summed E-state index contributed by atoms with van der Waals surface area (Å²) in [6.45, 7) is 3.74. The maximum atomic E-state index is 13.0. The summed E-state index contributed by atoms with van der Waals surface area (Å²) >= 11 is 0. The highest BCUT2D eigenvalue weighted by atomic mass is 19.4. The smallest absolute Gasteiger partial charge is 0.416 e. The lowest BCUT2D eigenvalue weighted by atomic mass is 10.0. The van der Waals surface area contributed by atoms with Gasteiger partial charge in [-0.25, -0.2) is 0 Å². The van der Waals surface area contributed by atoms with Crippen molar-refractivity contribution in [2.24, 2.45) is 0 Å². The SMILES string of the molecule is C[N+]12CCC(CC1)N(C(=O)c1ccc(-c3cccc(C(F)(F)F)c3)o1)CC2. The average molecular weight is 379 g/mol. The monoisotopic (exact) mass is 379 g/mol. The lowest BCUT2D eigenvalue weighted by molar-refractivity contribution is -0.910. The molecule has 27 heavy (non-hydrogen) atoms. The number of hydrogen-bond donors (Lipinski definition) is 0. The molecular weight excluding hydrogens is 357 g/mol. The Morgan fingerprint density at radius 2 is 1.89 bits per heavy atom. The van der Waals surface area contributed by atoms with E-state index in [2.05, 4.69) is 7.05 Å². The molecule has 5 rings (SSSR count). The molecule has 3 aliphatic rings. The zero-order chi connectivity index (χ0) is 19.2. The van der Waals surface area contributed by atoms with Gasteiger partial charge in [-0.1, -0.05) is 12.1 Å². The van der Waals surface area contributed by atoms with Crippen molar-refractivity contribution in [3.05, 3.63) is 47.7 Å². The van der Waals surface area contributed by atoms with E-state index in [9.17, 15) is 18.0 Å². The summed E-state index contributed by atoms with van der Waals surface area (Å²) in [4.78, 5) is 14.8. The lowest BCUT2D eigenvalue weighted by Gasteiger charge is -2.36. The van der Waals surface area contributed by atoms with Crippen LogP contribution in [0.15, 0.2) is 40.8 Å². The summed E-state index contributed by atoms with van der Waals surface area (Å²) in [6.07, 6.45) is -2.46. The topological polar surface area (TPSA) is 33.5 Å². The van der Waals surface area contributed by atoms with Gasteiger partial charge < -0.3 is 13.8 Å². The Bertz CT molecular complexity index is 851. The number of piperidine rings is 1. The largest absolute Gasteiger partial charge is 0.451 e. The minimum Gasteiger partial charge on any atom is -0.451 e. The van der Waals surface area contributed by atoms with Crippen LogP contribution in [0.4, 0.5) is 13.2 Å². The number of benzene rings is 1. The number of nitrogens with zero attached hydrogens (tertiary/aromatic N) is 2. The third-order valence-corrected chi connectivity index (χ3v) is 5.88. The highest BCUT2D eigenvalue weighted by Crippen LogP contribution is 2.33. The number of likely N-dealkylation sites (N-methyl/N-ethyl adjacent to an activating group) is 1. The van der Waals surface area contributed by atoms with Crippen molar-refractivity contribution in [1.29, 1.82) is 0 Å². The molecule has 2 aromatic rings. The van der Waals surface area contributed by atoms with Gasteiger partial charge in [0.1, 0.15) is 5.76 Å². The number of fused-ring (bicyclic) bond motifs is 4. The molecule has 1 aromatic carbocycles. The van der Waals surface area contributed by atoms with Gasteiger partial charge in [0.2, 0.25) is 0 Å². The van der Waals surface area contributed by atoms with Gasteiger partial charge >= 0.3 is 6.18 Å². The van der Waals surface area contributed by atoms with Gasteiger partial charge in [0.15, 0.2) is 5.76 Å². The van der Waals surface area contributed by atoms with Crippen molar-refractivity contribution < 1.29 is 26.9 Å². The quantitative estimate of drug-likeness (QED) is 0.739. The molecule has 2 bridgehead atoms. The molecule has 4 nitrogen and oxygen atoms in total. The van der Waals surface area contributed by atoms with Crippen LogP contribution in [0.1, 0.15) is 29.0 Å². The molecule has 0 aliphatic carbocycles. The second-order valence-electron chi connectivity index (χ2n) is 7.76. The number of furan rings is 1. The van der Waals surface area contributed by atoms with Crippen LogP contribution in [0.5, 0.6) is 0 Å². The predicted molar refractivity (Wildman–Crippen MR) is 94.0 cm³/mol. The van der Waals surface area contributed by atoms with E-state index >= 15 is 0 Å². The first-order chi connectivity index (χ1) is 12.8. The van der Waals surface area contributed by atoms with Crippen molar-refractivity contribution >= 4 is 5.91 Å². The third kappa shape index (κ3) is 3.48. The zero-order valence-electron chi connectivity index (χ0n) is 15.1. The van der Waals surface area contributed by atoms with Gasteiger partial charge in [-0.05, 0) is 24.3 Å². The molecular formula is C20H22F3N2O2+. The molecule has 0 radical (unpaired) electrons. The average Bonchev–Trinajstić information content (AvgIpc) is 3.00. The molecule has 3 aliphatic heterocycles. The lowest BCUT2D eigenvalue weighted by Crippen LogP contribution is -2.49. The van der Waals surface area contributed by atoms with Gasteiger partial charge in [0.25, 0.3) is 5.91 Å². The first-order valence-electron chi connectivity index (χ1n) is 9.17. The van der Waals surface area contributed by atoms with E-state index in [0.717, 1.165) is 49.1 Å². The molecule has 3 saturated heterocycles. The number of hydrogen-bond acceptors (Lipinski definition) is 2. The van der Waals surface area contributed by atoms with Crippen molar-refractivity contribution in [3.8, 4) is 11.3 Å². The summed E-state index contributed by atoms with van der Waals surface area (Å²) in [7, 11) is 2.23. The van der Waals surface area contributed by atoms with Gasteiger partial charge in [-0.3, -0.25) is 4.79 Å². The molecule has 0 unspecified atom stereocenters. The number of alkyl halides is 3. The molecule has 0 saturated carbocycles. The van der Waals surface area contributed by atoms with Crippen LogP contribution >= 0.6 is 0 Å². The Morgan fingerprint density at radius 1 is 1.15 bits per heavy atom. The molecule has 144 valence electrons. The van der Waals surface area contributed by atoms with E-state index in [1.807, 2.05) is 4.90 Å². The fraction of sp³-hybridized carbons (Fsp3) is 0.450. The van der Waals surface area contributed by atoms with E-state index < -0.39 is 11.7 Å². The van der Waals surface area contributed by atoms with Gasteiger partial charge in [-0.15, -0.1) is 0 Å². The number of carbonyl (C=O) groups is 1. The molecule has 0 spiro atoms. The van der Waals surface area contributed by atoms with E-state index in [4.69, 9.17) is 4.42 Å². The standard InChI is InChI=1S/C20H22F3N2O2/c1-25-10-7-16(8-11-25)24(9-12-25)19(26)18-6-5-17(27-18)14-3-2-4-15(13-14)20(21,22)23/h2-6,13,16H,7-12H2,1H3/q+1. The summed E-state index contributed by atoms with van der Waals surface area (Å²) < 4.78 is 45.4. The van der Waals surface area contributed by atoms with Gasteiger partial charge in [-0.2, -0.15) is 13.2 Å². The first-order valence-corrected chi connectivity index (χ1v) is 9.17. The van der Waals surface area contributed by atoms with Crippen LogP contribution in [0.25, 0.3) is 11.3 Å². The molecule has 0 atom stereocenters. The van der Waals surface area contributed by atoms with Crippen LogP contribution in [0.3, 0.4) is 0 Å². The second-order valence-corrected chi connectivity index (χ2v) is 7.76. The Morgan fingerprint density at radius 3 is 2.59 bits per heavy atom. The number of halogens is 3. The number of carbonyl (C=O) groups excluding carboxylic acids is 1. The van der Waals surface area contributed by atoms with Gasteiger partial charge in [0.05, 0.1) is 38.8 Å². The molecule has 4 heterocycles. The van der Waals surface area contributed by atoms with Crippen molar-refractivity contribution in [2.75, 3.05) is 33.2 Å². The maximum absolute atomic E-state index is 13.0. The van der Waals surface area contributed by atoms with E-state index in [1.165, 1.54) is 6.07 Å². The van der Waals surface area contributed by atoms with Crippen LogP contribution in [-0.2, 0) is 6.18 Å². The van der Waals surface area contributed by atoms with E-state index in [0.29, 0.717) is 12.1 Å². The van der Waals surface area contributed by atoms with Crippen LogP contribution < -0.4 is 0 Å². The summed E-state index contributed by atoms with van der Waals surface area (Å²) in [5, 5.41) is 0. The molecule has 0 N–H and O–H groups in total. The van der Waals surface area contributed by atoms with E-state index in [-0.39, 0.29) is 23.5 Å². The predicted octanol–water partition coefficient (Wildman–Crippen LogP) is 4.03. The third-order valence-electron chi connectivity index (χ3n) is 5.88. The van der Waals surface area contributed by atoms with Crippen molar-refractivity contribution in [1.82, 2.24) is 4.90 Å². The summed E-state index contributed by atoms with van der Waals surface area (Å²) in [5.74, 6) is 0.283. The summed E-state index contributed by atoms with van der Waals surface area (Å²) in [6, 6.07) is 8.29. The van der Waals surface area contributed by atoms with Crippen LogP contribution in [0, 0.1) is 0 Å². The van der Waals surface area contributed by atoms with Crippen molar-refractivity contribution in [3.63, 3.8) is 0 Å². The number of rotatable bonds is 2. The van der Waals surface area contributed by atoms with E-state index in [1.54, 1.807) is 18.2 Å². The molecule has 7 heteroatoms. The Kier molecular flexibility index (Phi) is 4.29. The highest BCUT2D eigenvalue weighted by molar-refractivity contribution is 5.92.